The lowest BCUT2D eigenvalue weighted by Crippen LogP contribution is -2.49. The zero-order valence-corrected chi connectivity index (χ0v) is 20.2. The van der Waals surface area contributed by atoms with E-state index in [1.54, 1.807) is 24.5 Å². The molecule has 162 valence electrons. The Bertz CT molecular complexity index is 1090. The Labute approximate surface area is 194 Å². The van der Waals surface area contributed by atoms with Gasteiger partial charge in [-0.25, -0.2) is 0 Å². The highest BCUT2D eigenvalue weighted by Crippen LogP contribution is 2.27. The van der Waals surface area contributed by atoms with E-state index in [0.29, 0.717) is 11.5 Å². The predicted octanol–water partition coefficient (Wildman–Crippen LogP) is 5.33. The van der Waals surface area contributed by atoms with Crippen LogP contribution in [0.25, 0.3) is 10.9 Å². The first-order valence-electron chi connectivity index (χ1n) is 9.61. The Morgan fingerprint density at radius 1 is 1.23 bits per heavy atom. The number of halogens is 1. The third-order valence-electron chi connectivity index (χ3n) is 4.31. The number of hydrogen-bond acceptors (Lipinski definition) is 6. The number of rotatable bonds is 8. The lowest BCUT2D eigenvalue weighted by atomic mass is 10.1. The number of hydrogen-bond donors (Lipinski definition) is 1. The summed E-state index contributed by atoms with van der Waals surface area (Å²) in [5, 5.41) is 7.87. The highest BCUT2D eigenvalue weighted by atomic mass is 79.9. The fourth-order valence-corrected chi connectivity index (χ4v) is 3.71. The number of benzene rings is 2. The molecule has 1 atom stereocenters. The fraction of sp³-hybridized carbons (Fsp3) is 0.261. The molecule has 31 heavy (non-hydrogen) atoms. The number of amides is 1. The number of fused-ring (bicyclic) bond motifs is 1. The van der Waals surface area contributed by atoms with Gasteiger partial charge in [0.25, 0.3) is 5.91 Å². The number of ether oxygens (including phenoxy) is 1. The maximum absolute atomic E-state index is 12.9. The van der Waals surface area contributed by atoms with Gasteiger partial charge in [0.2, 0.25) is 5.44 Å². The Morgan fingerprint density at radius 2 is 1.97 bits per heavy atom. The molecule has 3 rings (SSSR count). The summed E-state index contributed by atoms with van der Waals surface area (Å²) < 4.78 is 6.89. The standard InChI is InChI=1S/C23H24BrN3O3S/c1-15-10-19(12-16-11-17(24)13-25-20(15)16)29-22(31-4)21(28)27-23(2,3)14-26-30-18-8-6-5-7-9-18/h5-14,22H,1-4H3,(H,27,28)/b26-14-. The van der Waals surface area contributed by atoms with Crippen molar-refractivity contribution in [1.29, 1.82) is 0 Å². The molecular weight excluding hydrogens is 478 g/mol. The average Bonchev–Trinajstić information content (AvgIpc) is 2.72. The minimum absolute atomic E-state index is 0.256. The van der Waals surface area contributed by atoms with Crippen LogP contribution in [-0.2, 0) is 4.79 Å². The summed E-state index contributed by atoms with van der Waals surface area (Å²) in [6.07, 6.45) is 5.15. The number of carbonyl (C=O) groups is 1. The number of pyridine rings is 1. The van der Waals surface area contributed by atoms with Gasteiger partial charge in [0.15, 0.2) is 5.75 Å². The van der Waals surface area contributed by atoms with Gasteiger partial charge in [-0.3, -0.25) is 9.78 Å². The molecule has 0 radical (unpaired) electrons. The fourth-order valence-electron chi connectivity index (χ4n) is 2.88. The molecule has 1 heterocycles. The van der Waals surface area contributed by atoms with Crippen LogP contribution in [0, 0.1) is 6.92 Å². The molecule has 0 spiro atoms. The molecule has 0 saturated carbocycles. The first kappa shape index (κ1) is 23.1. The van der Waals surface area contributed by atoms with E-state index in [9.17, 15) is 4.79 Å². The molecule has 0 aliphatic rings. The molecule has 1 amide bonds. The van der Waals surface area contributed by atoms with Crippen LogP contribution in [0.3, 0.4) is 0 Å². The summed E-state index contributed by atoms with van der Waals surface area (Å²) >= 11 is 4.76. The van der Waals surface area contributed by atoms with Gasteiger partial charge >= 0.3 is 0 Å². The van der Waals surface area contributed by atoms with E-state index in [4.69, 9.17) is 9.57 Å². The summed E-state index contributed by atoms with van der Waals surface area (Å²) in [6, 6.07) is 15.0. The highest BCUT2D eigenvalue weighted by molar-refractivity contribution is 9.10. The summed E-state index contributed by atoms with van der Waals surface area (Å²) in [7, 11) is 0. The second-order valence-electron chi connectivity index (χ2n) is 7.50. The minimum atomic E-state index is -0.725. The Balaban J connectivity index is 1.67. The number of nitrogens with one attached hydrogen (secondary N) is 1. The van der Waals surface area contributed by atoms with E-state index >= 15 is 0 Å². The van der Waals surface area contributed by atoms with Crippen LogP contribution in [0.4, 0.5) is 0 Å². The number of para-hydroxylation sites is 1. The monoisotopic (exact) mass is 501 g/mol. The third-order valence-corrected chi connectivity index (χ3v) is 5.48. The number of aryl methyl sites for hydroxylation is 1. The van der Waals surface area contributed by atoms with Gasteiger partial charge in [-0.1, -0.05) is 23.4 Å². The second kappa shape index (κ2) is 10.2. The molecular formula is C23H24BrN3O3S. The quantitative estimate of drug-likeness (QED) is 0.256. The first-order valence-corrected chi connectivity index (χ1v) is 11.7. The molecule has 0 saturated heterocycles. The lowest BCUT2D eigenvalue weighted by Gasteiger charge is -2.24. The van der Waals surface area contributed by atoms with Crippen LogP contribution in [-0.4, -0.2) is 34.3 Å². The molecule has 2 aromatic carbocycles. The van der Waals surface area contributed by atoms with E-state index in [2.05, 4.69) is 31.4 Å². The maximum atomic E-state index is 12.9. The smallest absolute Gasteiger partial charge is 0.272 e. The summed E-state index contributed by atoms with van der Waals surface area (Å²) in [5.41, 5.74) is 0.430. The summed E-state index contributed by atoms with van der Waals surface area (Å²) in [4.78, 5) is 22.6. The molecule has 0 fully saturated rings. The van der Waals surface area contributed by atoms with Crippen molar-refractivity contribution in [3.05, 3.63) is 64.8 Å². The van der Waals surface area contributed by atoms with Crippen LogP contribution >= 0.6 is 27.7 Å². The largest absolute Gasteiger partial charge is 0.470 e. The number of carbonyl (C=O) groups excluding carboxylic acids is 1. The van der Waals surface area contributed by atoms with Crippen LogP contribution in [0.2, 0.25) is 0 Å². The van der Waals surface area contributed by atoms with Crippen molar-refractivity contribution in [1.82, 2.24) is 10.3 Å². The molecule has 1 N–H and O–H groups in total. The Hall–Kier alpha value is -2.58. The van der Waals surface area contributed by atoms with Crippen LogP contribution in [0.15, 0.2) is 64.4 Å². The normalized spacial score (nSPS) is 12.7. The van der Waals surface area contributed by atoms with Gasteiger partial charge in [0.1, 0.15) is 5.75 Å². The van der Waals surface area contributed by atoms with E-state index in [-0.39, 0.29) is 5.91 Å². The van der Waals surface area contributed by atoms with Gasteiger partial charge in [-0.15, -0.1) is 11.8 Å². The van der Waals surface area contributed by atoms with Crippen molar-refractivity contribution in [2.75, 3.05) is 6.26 Å². The highest BCUT2D eigenvalue weighted by Gasteiger charge is 2.26. The van der Waals surface area contributed by atoms with E-state index in [1.807, 2.05) is 63.4 Å². The van der Waals surface area contributed by atoms with Crippen LogP contribution in [0.1, 0.15) is 19.4 Å². The molecule has 0 bridgehead atoms. The average molecular weight is 502 g/mol. The van der Waals surface area contributed by atoms with Crippen molar-refractivity contribution in [3.8, 4) is 11.5 Å². The number of oxime groups is 1. The second-order valence-corrected chi connectivity index (χ2v) is 9.32. The molecule has 3 aromatic rings. The SMILES string of the molecule is CSC(Oc1cc(C)c2ncc(Br)cc2c1)C(=O)NC(C)(C)/C=N\Oc1ccccc1. The number of nitrogens with zero attached hydrogens (tertiary/aromatic N) is 2. The molecule has 1 unspecified atom stereocenters. The number of aromatic nitrogens is 1. The minimum Gasteiger partial charge on any atom is -0.470 e. The van der Waals surface area contributed by atoms with E-state index in [1.165, 1.54) is 11.8 Å². The van der Waals surface area contributed by atoms with Gasteiger partial charge in [0, 0.05) is 16.1 Å². The van der Waals surface area contributed by atoms with Crippen molar-refractivity contribution < 1.29 is 14.4 Å². The third kappa shape index (κ3) is 6.45. The molecule has 0 aliphatic carbocycles. The summed E-state index contributed by atoms with van der Waals surface area (Å²) in [5.74, 6) is 0.978. The van der Waals surface area contributed by atoms with Gasteiger partial charge in [-0.05, 0) is 78.9 Å². The zero-order valence-electron chi connectivity index (χ0n) is 17.8. The van der Waals surface area contributed by atoms with Crippen LogP contribution < -0.4 is 14.9 Å². The maximum Gasteiger partial charge on any atom is 0.272 e. The van der Waals surface area contributed by atoms with Gasteiger partial charge < -0.3 is 14.9 Å². The topological polar surface area (TPSA) is 72.8 Å². The van der Waals surface area contributed by atoms with Crippen molar-refractivity contribution in [2.24, 2.45) is 5.16 Å². The van der Waals surface area contributed by atoms with Gasteiger partial charge in [0.05, 0.1) is 17.3 Å². The Kier molecular flexibility index (Phi) is 7.56. The molecule has 1 aromatic heterocycles. The van der Waals surface area contributed by atoms with Gasteiger partial charge in [-0.2, -0.15) is 0 Å². The Morgan fingerprint density at radius 3 is 2.68 bits per heavy atom. The van der Waals surface area contributed by atoms with E-state index in [0.717, 1.165) is 20.9 Å². The number of thioether (sulfide) groups is 1. The van der Waals surface area contributed by atoms with Crippen molar-refractivity contribution in [2.45, 2.75) is 31.7 Å². The molecule has 8 heteroatoms. The zero-order chi connectivity index (χ0) is 22.4. The first-order chi connectivity index (χ1) is 14.8. The molecule has 0 aliphatic heterocycles. The summed E-state index contributed by atoms with van der Waals surface area (Å²) in [6.45, 7) is 5.64. The van der Waals surface area contributed by atoms with E-state index < -0.39 is 11.0 Å². The van der Waals surface area contributed by atoms with Crippen molar-refractivity contribution in [3.63, 3.8) is 0 Å². The predicted molar refractivity (Wildman–Crippen MR) is 130 cm³/mol. The lowest BCUT2D eigenvalue weighted by molar-refractivity contribution is -0.125. The molecule has 6 nitrogen and oxygen atoms in total. The van der Waals surface area contributed by atoms with Crippen molar-refractivity contribution >= 4 is 50.7 Å². The van der Waals surface area contributed by atoms with Crippen LogP contribution in [0.5, 0.6) is 11.5 Å².